The third-order valence-electron chi connectivity index (χ3n) is 3.57. The molecular weight excluding hydrogens is 348 g/mol. The van der Waals surface area contributed by atoms with Crippen LogP contribution in [0, 0.1) is 5.21 Å². The molecule has 0 radical (unpaired) electrons. The van der Waals surface area contributed by atoms with E-state index in [1.807, 2.05) is 42.6 Å². The lowest BCUT2D eigenvalue weighted by molar-refractivity contribution is -0.840. The highest BCUT2D eigenvalue weighted by Gasteiger charge is 2.17. The van der Waals surface area contributed by atoms with E-state index in [9.17, 15) is 14.8 Å². The molecule has 0 bridgehead atoms. The summed E-state index contributed by atoms with van der Waals surface area (Å²) in [6.07, 6.45) is 3.73. The van der Waals surface area contributed by atoms with Crippen LogP contribution in [0.25, 0.3) is 0 Å². The Morgan fingerprint density at radius 2 is 1.59 bits per heavy atom. The maximum absolute atomic E-state index is 11.8. The first-order valence-electron chi connectivity index (χ1n) is 8.33. The quantitative estimate of drug-likeness (QED) is 0.439. The fourth-order valence-corrected chi connectivity index (χ4v) is 2.34. The lowest BCUT2D eigenvalue weighted by Crippen LogP contribution is -2.34. The predicted octanol–water partition coefficient (Wildman–Crippen LogP) is 2.89. The van der Waals surface area contributed by atoms with Crippen LogP contribution in [-0.4, -0.2) is 52.4 Å². The second-order valence-electron chi connectivity index (χ2n) is 6.31. The summed E-state index contributed by atoms with van der Waals surface area (Å²) in [6.45, 7) is 0.579. The number of nitrogens with zero attached hydrogens (tertiary/aromatic N) is 2. The van der Waals surface area contributed by atoms with Crippen molar-refractivity contribution < 1.29 is 24.4 Å². The average Bonchev–Trinajstić information content (AvgIpc) is 2.62. The number of benzene rings is 1. The molecule has 27 heavy (non-hydrogen) atoms. The lowest BCUT2D eigenvalue weighted by Gasteiger charge is -2.35. The molecule has 1 heterocycles. The van der Waals surface area contributed by atoms with Gasteiger partial charge >= 0.3 is 11.9 Å². The van der Waals surface area contributed by atoms with Gasteiger partial charge in [0.15, 0.2) is 0 Å². The number of quaternary nitrogens is 1. The number of hydroxylamine groups is 3. The maximum Gasteiger partial charge on any atom is 0.328 e. The summed E-state index contributed by atoms with van der Waals surface area (Å²) < 4.78 is -0.268. The monoisotopic (exact) mass is 372 g/mol. The zero-order valence-electron chi connectivity index (χ0n) is 15.4. The van der Waals surface area contributed by atoms with Gasteiger partial charge in [-0.2, -0.15) is 0 Å². The molecule has 1 atom stereocenters. The Morgan fingerprint density at radius 3 is 2.04 bits per heavy atom. The minimum atomic E-state index is -1.26. The lowest BCUT2D eigenvalue weighted by atomic mass is 9.92. The minimum absolute atomic E-state index is 0.189. The van der Waals surface area contributed by atoms with Crippen molar-refractivity contribution in [1.82, 2.24) is 4.98 Å². The molecule has 0 amide bonds. The molecule has 0 saturated heterocycles. The number of hydrogen-bond donors (Lipinski definition) is 2. The van der Waals surface area contributed by atoms with Crippen LogP contribution in [0.5, 0.6) is 0 Å². The Morgan fingerprint density at radius 1 is 1.04 bits per heavy atom. The molecule has 1 unspecified atom stereocenters. The number of hydrogen-bond acceptors (Lipinski definition) is 4. The normalized spacial score (nSPS) is 12.1. The molecule has 1 aromatic carbocycles. The second kappa shape index (κ2) is 10.8. The van der Waals surface area contributed by atoms with Gasteiger partial charge in [0.2, 0.25) is 0 Å². The van der Waals surface area contributed by atoms with E-state index in [-0.39, 0.29) is 10.6 Å². The SMILES string of the molecule is C[N+](C)([O-])CCC(c1ccccc1)c1ccccn1.O=C(O)/C=C/C(=O)O. The number of aromatic nitrogens is 1. The van der Waals surface area contributed by atoms with Crippen LogP contribution < -0.4 is 0 Å². The van der Waals surface area contributed by atoms with E-state index >= 15 is 0 Å². The van der Waals surface area contributed by atoms with Crippen molar-refractivity contribution in [1.29, 1.82) is 0 Å². The summed E-state index contributed by atoms with van der Waals surface area (Å²) in [5, 5.41) is 27.4. The Hall–Kier alpha value is -3.03. The number of carboxylic acids is 2. The van der Waals surface area contributed by atoms with Crippen LogP contribution in [0.1, 0.15) is 23.6 Å². The van der Waals surface area contributed by atoms with Gasteiger partial charge < -0.3 is 20.1 Å². The molecule has 1 aromatic heterocycles. The standard InChI is InChI=1S/C16H20N2O.C4H4O4/c1-18(2,19)13-11-15(14-8-4-3-5-9-14)16-10-6-7-12-17-16;5-3(6)1-2-4(7)8/h3-10,12,15H,11,13H2,1-2H3;1-2H,(H,5,6)(H,7,8)/b;2-1+. The molecule has 0 spiro atoms. The van der Waals surface area contributed by atoms with Gasteiger partial charge in [-0.15, -0.1) is 0 Å². The first kappa shape index (κ1) is 22.0. The highest BCUT2D eigenvalue weighted by molar-refractivity contribution is 5.89. The van der Waals surface area contributed by atoms with E-state index in [2.05, 4.69) is 17.1 Å². The Kier molecular flexibility index (Phi) is 8.84. The van der Waals surface area contributed by atoms with Gasteiger partial charge in [0.05, 0.1) is 20.6 Å². The number of carbonyl (C=O) groups is 2. The van der Waals surface area contributed by atoms with Gasteiger partial charge in [0.25, 0.3) is 0 Å². The Labute approximate surface area is 158 Å². The number of carboxylic acid groups (broad SMARTS) is 2. The maximum atomic E-state index is 11.8. The summed E-state index contributed by atoms with van der Waals surface area (Å²) in [6, 6.07) is 16.2. The van der Waals surface area contributed by atoms with E-state index in [4.69, 9.17) is 10.2 Å². The second-order valence-corrected chi connectivity index (χ2v) is 6.31. The van der Waals surface area contributed by atoms with E-state index in [1.165, 1.54) is 5.56 Å². The van der Waals surface area contributed by atoms with Crippen molar-refractivity contribution in [2.24, 2.45) is 0 Å². The summed E-state index contributed by atoms with van der Waals surface area (Å²) in [5.41, 5.74) is 2.25. The molecular formula is C20H24N2O5. The fraction of sp³-hybridized carbons (Fsp3) is 0.250. The van der Waals surface area contributed by atoms with Crippen molar-refractivity contribution in [2.45, 2.75) is 12.3 Å². The zero-order valence-corrected chi connectivity index (χ0v) is 15.4. The first-order valence-corrected chi connectivity index (χ1v) is 8.33. The van der Waals surface area contributed by atoms with Gasteiger partial charge in [-0.3, -0.25) is 4.98 Å². The van der Waals surface area contributed by atoms with Gasteiger partial charge in [-0.05, 0) is 17.7 Å². The van der Waals surface area contributed by atoms with Crippen LogP contribution in [-0.2, 0) is 9.59 Å². The predicted molar refractivity (Wildman–Crippen MR) is 102 cm³/mol. The first-order chi connectivity index (χ1) is 12.7. The van der Waals surface area contributed by atoms with Crippen molar-refractivity contribution in [3.63, 3.8) is 0 Å². The number of rotatable bonds is 7. The van der Waals surface area contributed by atoms with Gasteiger partial charge in [0.1, 0.15) is 0 Å². The topological polar surface area (TPSA) is 111 Å². The summed E-state index contributed by atoms with van der Waals surface area (Å²) in [7, 11) is 3.36. The van der Waals surface area contributed by atoms with Gasteiger partial charge in [-0.1, -0.05) is 36.4 Å². The molecule has 7 heteroatoms. The summed E-state index contributed by atoms with van der Waals surface area (Å²) in [4.78, 5) is 23.6. The van der Waals surface area contributed by atoms with E-state index in [0.29, 0.717) is 18.7 Å². The largest absolute Gasteiger partial charge is 0.633 e. The smallest absolute Gasteiger partial charge is 0.328 e. The number of aliphatic carboxylic acids is 2. The molecule has 7 nitrogen and oxygen atoms in total. The Bertz CT molecular complexity index is 684. The van der Waals surface area contributed by atoms with E-state index in [1.54, 1.807) is 14.1 Å². The molecule has 0 aliphatic heterocycles. The number of pyridine rings is 1. The third kappa shape index (κ3) is 9.88. The average molecular weight is 372 g/mol. The molecule has 0 saturated carbocycles. The van der Waals surface area contributed by atoms with Crippen LogP contribution in [0.4, 0.5) is 0 Å². The van der Waals surface area contributed by atoms with Crippen LogP contribution in [0.3, 0.4) is 0 Å². The molecule has 0 aliphatic carbocycles. The van der Waals surface area contributed by atoms with Crippen LogP contribution >= 0.6 is 0 Å². The van der Waals surface area contributed by atoms with Gasteiger partial charge in [-0.25, -0.2) is 9.59 Å². The Balaban J connectivity index is 0.000000387. The zero-order chi connectivity index (χ0) is 20.3. The summed E-state index contributed by atoms with van der Waals surface area (Å²) in [5.74, 6) is -2.33. The molecule has 2 aromatic rings. The molecule has 0 aliphatic rings. The van der Waals surface area contributed by atoms with Crippen molar-refractivity contribution in [3.05, 3.63) is 83.3 Å². The van der Waals surface area contributed by atoms with Crippen molar-refractivity contribution in [3.8, 4) is 0 Å². The van der Waals surface area contributed by atoms with Crippen LogP contribution in [0.2, 0.25) is 0 Å². The fourth-order valence-electron chi connectivity index (χ4n) is 2.34. The minimum Gasteiger partial charge on any atom is -0.633 e. The third-order valence-corrected chi connectivity index (χ3v) is 3.57. The van der Waals surface area contributed by atoms with E-state index < -0.39 is 11.9 Å². The van der Waals surface area contributed by atoms with E-state index in [0.717, 1.165) is 12.1 Å². The molecule has 144 valence electrons. The molecule has 2 rings (SSSR count). The molecule has 2 N–H and O–H groups in total. The highest BCUT2D eigenvalue weighted by atomic mass is 16.5. The summed E-state index contributed by atoms with van der Waals surface area (Å²) >= 11 is 0. The van der Waals surface area contributed by atoms with Crippen molar-refractivity contribution >= 4 is 11.9 Å². The highest BCUT2D eigenvalue weighted by Crippen LogP contribution is 2.26. The van der Waals surface area contributed by atoms with Gasteiger partial charge in [0, 0.05) is 36.4 Å². The molecule has 0 fully saturated rings. The van der Waals surface area contributed by atoms with Crippen molar-refractivity contribution in [2.75, 3.05) is 20.6 Å². The van der Waals surface area contributed by atoms with Crippen LogP contribution in [0.15, 0.2) is 66.9 Å².